The molecule has 0 fully saturated rings. The molecule has 4 aromatic carbocycles. The highest BCUT2D eigenvalue weighted by atomic mass is 16.5. The van der Waals surface area contributed by atoms with Gasteiger partial charge in [0, 0.05) is 17.7 Å². The summed E-state index contributed by atoms with van der Waals surface area (Å²) in [5.41, 5.74) is 2.86. The Morgan fingerprint density at radius 1 is 0.735 bits per heavy atom. The van der Waals surface area contributed by atoms with E-state index in [9.17, 15) is 15.0 Å². The van der Waals surface area contributed by atoms with Crippen LogP contribution in [0.4, 0.5) is 0 Å². The van der Waals surface area contributed by atoms with E-state index in [1.165, 1.54) is 18.2 Å². The van der Waals surface area contributed by atoms with Crippen molar-refractivity contribution in [3.05, 3.63) is 125 Å². The Morgan fingerprint density at radius 3 is 2.03 bits per heavy atom. The third-order valence-electron chi connectivity index (χ3n) is 5.13. The minimum atomic E-state index is -0.393. The molecule has 34 heavy (non-hydrogen) atoms. The first kappa shape index (κ1) is 22.7. The van der Waals surface area contributed by atoms with Gasteiger partial charge < -0.3 is 19.7 Å². The normalized spacial score (nSPS) is 10.8. The molecule has 0 aliphatic carbocycles. The van der Waals surface area contributed by atoms with Gasteiger partial charge in [0.2, 0.25) is 0 Å². The largest absolute Gasteiger partial charge is 0.508 e. The van der Waals surface area contributed by atoms with E-state index in [1.54, 1.807) is 12.1 Å². The average molecular weight is 453 g/mol. The first-order chi connectivity index (χ1) is 16.6. The zero-order valence-electron chi connectivity index (χ0n) is 18.4. The summed E-state index contributed by atoms with van der Waals surface area (Å²) in [5, 5.41) is 19.4. The molecule has 0 atom stereocenters. The fraction of sp³-hybridized carbons (Fsp3) is 0.0690. The summed E-state index contributed by atoms with van der Waals surface area (Å²) >= 11 is 0. The molecule has 0 amide bonds. The highest BCUT2D eigenvalue weighted by Gasteiger charge is 2.10. The van der Waals surface area contributed by atoms with Crippen LogP contribution < -0.4 is 9.47 Å². The third-order valence-corrected chi connectivity index (χ3v) is 5.13. The number of phenolic OH excluding ortho intramolecular Hbond substituents is 2. The lowest BCUT2D eigenvalue weighted by Gasteiger charge is -2.13. The Morgan fingerprint density at radius 2 is 1.38 bits per heavy atom. The Hall–Kier alpha value is -4.51. The van der Waals surface area contributed by atoms with E-state index in [4.69, 9.17) is 9.47 Å². The van der Waals surface area contributed by atoms with Crippen LogP contribution in [0.15, 0.2) is 103 Å². The smallest absolute Gasteiger partial charge is 0.189 e. The summed E-state index contributed by atoms with van der Waals surface area (Å²) < 4.78 is 12.0. The Balaban J connectivity index is 1.55. The molecule has 4 aromatic rings. The van der Waals surface area contributed by atoms with Gasteiger partial charge in [-0.15, -0.1) is 0 Å². The molecule has 2 N–H and O–H groups in total. The number of benzene rings is 4. The van der Waals surface area contributed by atoms with E-state index in [-0.39, 0.29) is 17.1 Å². The van der Waals surface area contributed by atoms with Crippen molar-refractivity contribution in [1.29, 1.82) is 0 Å². The molecule has 0 aliphatic rings. The average Bonchev–Trinajstić information content (AvgIpc) is 2.86. The van der Waals surface area contributed by atoms with E-state index < -0.39 is 5.78 Å². The number of carbonyl (C=O) groups is 1. The summed E-state index contributed by atoms with van der Waals surface area (Å²) in [7, 11) is 0. The molecule has 0 saturated carbocycles. The predicted molar refractivity (Wildman–Crippen MR) is 131 cm³/mol. The monoisotopic (exact) mass is 452 g/mol. The zero-order valence-corrected chi connectivity index (χ0v) is 18.4. The van der Waals surface area contributed by atoms with Gasteiger partial charge in [-0.3, -0.25) is 4.79 Å². The number of allylic oxidation sites excluding steroid dienone is 1. The Kier molecular flexibility index (Phi) is 7.25. The predicted octanol–water partition coefficient (Wildman–Crippen LogP) is 6.15. The van der Waals surface area contributed by atoms with Crippen LogP contribution in [0.3, 0.4) is 0 Å². The molecule has 0 heterocycles. The van der Waals surface area contributed by atoms with Crippen LogP contribution in [-0.4, -0.2) is 16.0 Å². The molecule has 170 valence electrons. The minimum absolute atomic E-state index is 0.101. The van der Waals surface area contributed by atoms with Gasteiger partial charge in [0.1, 0.15) is 36.2 Å². The van der Waals surface area contributed by atoms with Crippen molar-refractivity contribution in [2.75, 3.05) is 0 Å². The number of ketones is 1. The van der Waals surface area contributed by atoms with Crippen LogP contribution in [0, 0.1) is 0 Å². The summed E-state index contributed by atoms with van der Waals surface area (Å²) in [6.07, 6.45) is 3.00. The molecule has 0 spiro atoms. The SMILES string of the molecule is O=C(C=Cc1ccc(OCc2ccccc2)cc1OCc1ccccc1)c1ccc(O)cc1O. The van der Waals surface area contributed by atoms with Crippen molar-refractivity contribution in [3.63, 3.8) is 0 Å². The number of aromatic hydroxyl groups is 2. The van der Waals surface area contributed by atoms with Crippen molar-refractivity contribution in [3.8, 4) is 23.0 Å². The maximum Gasteiger partial charge on any atom is 0.189 e. The molecule has 0 aromatic heterocycles. The molecule has 5 nitrogen and oxygen atoms in total. The van der Waals surface area contributed by atoms with Crippen LogP contribution in [0.25, 0.3) is 6.08 Å². The van der Waals surface area contributed by atoms with Gasteiger partial charge in [0.25, 0.3) is 0 Å². The van der Waals surface area contributed by atoms with Crippen LogP contribution in [0.1, 0.15) is 27.0 Å². The second kappa shape index (κ2) is 10.9. The minimum Gasteiger partial charge on any atom is -0.508 e. The van der Waals surface area contributed by atoms with E-state index >= 15 is 0 Å². The van der Waals surface area contributed by atoms with Crippen molar-refractivity contribution in [2.45, 2.75) is 13.2 Å². The van der Waals surface area contributed by atoms with Gasteiger partial charge in [0.15, 0.2) is 5.78 Å². The number of hydrogen-bond donors (Lipinski definition) is 2. The molecule has 0 saturated heterocycles. The van der Waals surface area contributed by atoms with Gasteiger partial charge in [-0.1, -0.05) is 60.7 Å². The van der Waals surface area contributed by atoms with Gasteiger partial charge in [-0.2, -0.15) is 0 Å². The molecule has 4 rings (SSSR count). The van der Waals surface area contributed by atoms with Crippen LogP contribution >= 0.6 is 0 Å². The van der Waals surface area contributed by atoms with E-state index in [1.807, 2.05) is 72.8 Å². The van der Waals surface area contributed by atoms with Crippen LogP contribution in [0.2, 0.25) is 0 Å². The zero-order chi connectivity index (χ0) is 23.8. The fourth-order valence-corrected chi connectivity index (χ4v) is 3.33. The maximum absolute atomic E-state index is 12.6. The molecule has 5 heteroatoms. The van der Waals surface area contributed by atoms with E-state index in [0.717, 1.165) is 17.2 Å². The molecule has 0 radical (unpaired) electrons. The van der Waals surface area contributed by atoms with Crippen LogP contribution in [0.5, 0.6) is 23.0 Å². The Bertz CT molecular complexity index is 1280. The van der Waals surface area contributed by atoms with E-state index in [0.29, 0.717) is 30.3 Å². The first-order valence-electron chi connectivity index (χ1n) is 10.8. The van der Waals surface area contributed by atoms with Gasteiger partial charge in [-0.25, -0.2) is 0 Å². The number of carbonyl (C=O) groups excluding carboxylic acids is 1. The van der Waals surface area contributed by atoms with E-state index in [2.05, 4.69) is 0 Å². The highest BCUT2D eigenvalue weighted by Crippen LogP contribution is 2.29. The molecular weight excluding hydrogens is 428 g/mol. The topological polar surface area (TPSA) is 76.0 Å². The van der Waals surface area contributed by atoms with Crippen LogP contribution in [-0.2, 0) is 13.2 Å². The number of hydrogen-bond acceptors (Lipinski definition) is 5. The van der Waals surface area contributed by atoms with Crippen molar-refractivity contribution < 1.29 is 24.5 Å². The lowest BCUT2D eigenvalue weighted by atomic mass is 10.1. The fourth-order valence-electron chi connectivity index (χ4n) is 3.33. The molecule has 0 unspecified atom stereocenters. The summed E-state index contributed by atoms with van der Waals surface area (Å²) in [5.74, 6) is 0.427. The van der Waals surface area contributed by atoms with Gasteiger partial charge in [-0.05, 0) is 47.5 Å². The van der Waals surface area contributed by atoms with Gasteiger partial charge >= 0.3 is 0 Å². The van der Waals surface area contributed by atoms with Crippen molar-refractivity contribution in [2.24, 2.45) is 0 Å². The summed E-state index contributed by atoms with van der Waals surface area (Å²) in [6, 6.07) is 29.0. The maximum atomic E-state index is 12.6. The number of rotatable bonds is 9. The molecule has 0 aliphatic heterocycles. The summed E-state index contributed by atoms with van der Waals surface area (Å²) in [4.78, 5) is 12.6. The third kappa shape index (κ3) is 6.04. The molecule has 0 bridgehead atoms. The number of phenols is 2. The Labute approximate surface area is 198 Å². The van der Waals surface area contributed by atoms with Gasteiger partial charge in [0.05, 0.1) is 5.56 Å². The lowest BCUT2D eigenvalue weighted by molar-refractivity contribution is 0.104. The highest BCUT2D eigenvalue weighted by molar-refractivity contribution is 6.08. The quantitative estimate of drug-likeness (QED) is 0.235. The number of ether oxygens (including phenoxy) is 2. The second-order valence-corrected chi connectivity index (χ2v) is 7.65. The van der Waals surface area contributed by atoms with Crippen molar-refractivity contribution in [1.82, 2.24) is 0 Å². The first-order valence-corrected chi connectivity index (χ1v) is 10.8. The standard InChI is InChI=1S/C29H24O5/c30-24-13-15-26(28(32)17-24)27(31)16-12-23-11-14-25(33-19-21-7-3-1-4-8-21)18-29(23)34-20-22-9-5-2-6-10-22/h1-18,30,32H,19-20H2. The lowest BCUT2D eigenvalue weighted by Crippen LogP contribution is -2.00. The van der Waals surface area contributed by atoms with Crippen molar-refractivity contribution >= 4 is 11.9 Å². The summed E-state index contributed by atoms with van der Waals surface area (Å²) in [6.45, 7) is 0.781. The second-order valence-electron chi connectivity index (χ2n) is 7.65. The molecular formula is C29H24O5.